The van der Waals surface area contributed by atoms with Gasteiger partial charge in [0.25, 0.3) is 0 Å². The number of carbonyl (C=O) groups excluding carboxylic acids is 1. The summed E-state index contributed by atoms with van der Waals surface area (Å²) in [5.41, 5.74) is 2.37. The van der Waals surface area contributed by atoms with E-state index in [9.17, 15) is 4.79 Å². The highest BCUT2D eigenvalue weighted by atomic mass is 32.2. The van der Waals surface area contributed by atoms with E-state index in [0.717, 1.165) is 22.4 Å². The van der Waals surface area contributed by atoms with Gasteiger partial charge in [0, 0.05) is 10.5 Å². The summed E-state index contributed by atoms with van der Waals surface area (Å²) in [5, 5.41) is 8.80. The third-order valence-electron chi connectivity index (χ3n) is 3.00. The molecule has 0 unspecified atom stereocenters. The van der Waals surface area contributed by atoms with Crippen LogP contribution >= 0.6 is 11.8 Å². The zero-order valence-electron chi connectivity index (χ0n) is 11.7. The van der Waals surface area contributed by atoms with Crippen LogP contribution in [0, 0.1) is 11.3 Å². The average Bonchev–Trinajstić information content (AvgIpc) is 2.54. The van der Waals surface area contributed by atoms with Gasteiger partial charge in [0.1, 0.15) is 0 Å². The quantitative estimate of drug-likeness (QED) is 0.610. The Morgan fingerprint density at radius 2 is 1.90 bits per heavy atom. The van der Waals surface area contributed by atoms with E-state index in [-0.39, 0.29) is 5.12 Å². The van der Waals surface area contributed by atoms with E-state index < -0.39 is 0 Å². The molecule has 104 valence electrons. The lowest BCUT2D eigenvalue weighted by molar-refractivity contribution is 0.108. The molecule has 0 bridgehead atoms. The molecule has 0 amide bonds. The topological polar surface area (TPSA) is 40.9 Å². The average molecular weight is 293 g/mol. The third-order valence-corrected chi connectivity index (χ3v) is 3.92. The molecule has 2 aromatic carbocycles. The number of rotatable bonds is 4. The standard InChI is InChI=1S/C18H15NOS/c1-2-3-6-15-7-4-5-8-17(15)18(20)21-16-11-9-14(13-19)10-12-16/h2-5,7-12H,6H2,1H3/b3-2+. The number of hydrogen-bond donors (Lipinski definition) is 0. The number of thioether (sulfide) groups is 1. The van der Waals surface area contributed by atoms with Crippen LogP contribution in [-0.2, 0) is 6.42 Å². The highest BCUT2D eigenvalue weighted by Gasteiger charge is 2.11. The lowest BCUT2D eigenvalue weighted by atomic mass is 10.1. The Labute approximate surface area is 129 Å². The van der Waals surface area contributed by atoms with Gasteiger partial charge in [0.15, 0.2) is 0 Å². The minimum atomic E-state index is 0.0276. The molecule has 0 fully saturated rings. The van der Waals surface area contributed by atoms with Crippen LogP contribution in [0.15, 0.2) is 65.6 Å². The van der Waals surface area contributed by atoms with Crippen LogP contribution in [0.2, 0.25) is 0 Å². The predicted molar refractivity (Wildman–Crippen MR) is 86.3 cm³/mol. The SMILES string of the molecule is C/C=C/Cc1ccccc1C(=O)Sc1ccc(C#N)cc1. The van der Waals surface area contributed by atoms with E-state index in [4.69, 9.17) is 5.26 Å². The lowest BCUT2D eigenvalue weighted by Crippen LogP contribution is -1.99. The van der Waals surface area contributed by atoms with E-state index in [1.807, 2.05) is 43.3 Å². The van der Waals surface area contributed by atoms with Crippen LogP contribution < -0.4 is 0 Å². The molecule has 0 N–H and O–H groups in total. The third kappa shape index (κ3) is 4.08. The molecule has 21 heavy (non-hydrogen) atoms. The van der Waals surface area contributed by atoms with Crippen molar-refractivity contribution in [3.8, 4) is 6.07 Å². The zero-order chi connectivity index (χ0) is 15.1. The maximum Gasteiger partial charge on any atom is 0.224 e. The fourth-order valence-electron chi connectivity index (χ4n) is 1.90. The van der Waals surface area contributed by atoms with Crippen molar-refractivity contribution in [2.45, 2.75) is 18.2 Å². The molecule has 2 rings (SSSR count). The van der Waals surface area contributed by atoms with Crippen LogP contribution in [0.5, 0.6) is 0 Å². The Bertz CT molecular complexity index is 696. The van der Waals surface area contributed by atoms with Crippen molar-refractivity contribution in [2.75, 3.05) is 0 Å². The largest absolute Gasteiger partial charge is 0.281 e. The van der Waals surface area contributed by atoms with Crippen LogP contribution in [0.4, 0.5) is 0 Å². The summed E-state index contributed by atoms with van der Waals surface area (Å²) in [6.07, 6.45) is 4.78. The van der Waals surface area contributed by atoms with Crippen molar-refractivity contribution in [3.05, 3.63) is 77.4 Å². The second kappa shape index (κ2) is 7.47. The molecular formula is C18H15NOS. The molecule has 0 aromatic heterocycles. The van der Waals surface area contributed by atoms with Gasteiger partial charge < -0.3 is 0 Å². The molecule has 0 atom stereocenters. The lowest BCUT2D eigenvalue weighted by Gasteiger charge is -2.06. The Hall–Kier alpha value is -2.31. The number of carbonyl (C=O) groups is 1. The summed E-state index contributed by atoms with van der Waals surface area (Å²) in [4.78, 5) is 13.3. The number of allylic oxidation sites excluding steroid dienone is 2. The second-order valence-electron chi connectivity index (χ2n) is 4.46. The first kappa shape index (κ1) is 15.1. The second-order valence-corrected chi connectivity index (χ2v) is 5.50. The molecular weight excluding hydrogens is 278 g/mol. The van der Waals surface area contributed by atoms with Crippen molar-refractivity contribution in [1.29, 1.82) is 5.26 Å². The predicted octanol–water partition coefficient (Wildman–Crippen LogP) is 4.61. The van der Waals surface area contributed by atoms with Gasteiger partial charge in [-0.1, -0.05) is 36.4 Å². The van der Waals surface area contributed by atoms with Gasteiger partial charge in [-0.3, -0.25) is 4.79 Å². The van der Waals surface area contributed by atoms with E-state index >= 15 is 0 Å². The highest BCUT2D eigenvalue weighted by molar-refractivity contribution is 8.14. The number of hydrogen-bond acceptors (Lipinski definition) is 3. The van der Waals surface area contributed by atoms with Gasteiger partial charge in [-0.25, -0.2) is 0 Å². The maximum atomic E-state index is 12.4. The van der Waals surface area contributed by atoms with E-state index in [1.165, 1.54) is 11.8 Å². The van der Waals surface area contributed by atoms with Gasteiger partial charge in [-0.05, 0) is 54.9 Å². The van der Waals surface area contributed by atoms with Gasteiger partial charge in [0.2, 0.25) is 5.12 Å². The number of benzene rings is 2. The molecule has 2 aromatic rings. The van der Waals surface area contributed by atoms with Gasteiger partial charge in [-0.2, -0.15) is 5.26 Å². The summed E-state index contributed by atoms with van der Waals surface area (Å²) in [6.45, 7) is 1.97. The molecule has 0 heterocycles. The monoisotopic (exact) mass is 293 g/mol. The van der Waals surface area contributed by atoms with E-state index in [0.29, 0.717) is 5.56 Å². The molecule has 0 saturated heterocycles. The van der Waals surface area contributed by atoms with E-state index in [2.05, 4.69) is 6.07 Å². The summed E-state index contributed by atoms with van der Waals surface area (Å²) in [7, 11) is 0. The van der Waals surface area contributed by atoms with Crippen molar-refractivity contribution >= 4 is 16.9 Å². The first-order chi connectivity index (χ1) is 10.2. The van der Waals surface area contributed by atoms with Crippen molar-refractivity contribution in [2.24, 2.45) is 0 Å². The molecule has 2 nitrogen and oxygen atoms in total. The Balaban J connectivity index is 2.18. The summed E-state index contributed by atoms with van der Waals surface area (Å²) >= 11 is 1.19. The van der Waals surface area contributed by atoms with Gasteiger partial charge in [0.05, 0.1) is 11.6 Å². The van der Waals surface area contributed by atoms with Crippen LogP contribution in [0.3, 0.4) is 0 Å². The van der Waals surface area contributed by atoms with E-state index in [1.54, 1.807) is 24.3 Å². The summed E-state index contributed by atoms with van der Waals surface area (Å²) < 4.78 is 0. The smallest absolute Gasteiger partial charge is 0.224 e. The molecule has 0 spiro atoms. The Morgan fingerprint density at radius 3 is 2.57 bits per heavy atom. The number of nitrogens with zero attached hydrogens (tertiary/aromatic N) is 1. The molecule has 0 aliphatic carbocycles. The molecule has 3 heteroatoms. The maximum absolute atomic E-state index is 12.4. The number of nitriles is 1. The minimum Gasteiger partial charge on any atom is -0.281 e. The molecule has 0 aliphatic rings. The summed E-state index contributed by atoms with van der Waals surface area (Å²) in [6, 6.07) is 16.8. The fraction of sp³-hybridized carbons (Fsp3) is 0.111. The zero-order valence-corrected chi connectivity index (χ0v) is 12.6. The van der Waals surface area contributed by atoms with Gasteiger partial charge >= 0.3 is 0 Å². The van der Waals surface area contributed by atoms with Crippen LogP contribution in [0.1, 0.15) is 28.4 Å². The molecule has 0 radical (unpaired) electrons. The Morgan fingerprint density at radius 1 is 1.19 bits per heavy atom. The Kier molecular flexibility index (Phi) is 5.36. The van der Waals surface area contributed by atoms with Gasteiger partial charge in [-0.15, -0.1) is 0 Å². The van der Waals surface area contributed by atoms with Crippen molar-refractivity contribution in [1.82, 2.24) is 0 Å². The first-order valence-electron chi connectivity index (χ1n) is 6.66. The highest BCUT2D eigenvalue weighted by Crippen LogP contribution is 2.25. The molecule has 0 aliphatic heterocycles. The van der Waals surface area contributed by atoms with Crippen molar-refractivity contribution < 1.29 is 4.79 Å². The normalized spacial score (nSPS) is 10.5. The minimum absolute atomic E-state index is 0.0276. The summed E-state index contributed by atoms with van der Waals surface area (Å²) in [5.74, 6) is 0. The molecule has 0 saturated carbocycles. The van der Waals surface area contributed by atoms with Crippen molar-refractivity contribution in [3.63, 3.8) is 0 Å². The van der Waals surface area contributed by atoms with Crippen LogP contribution in [0.25, 0.3) is 0 Å². The first-order valence-corrected chi connectivity index (χ1v) is 7.47. The fourth-order valence-corrected chi connectivity index (χ4v) is 2.70. The van der Waals surface area contributed by atoms with Crippen LogP contribution in [-0.4, -0.2) is 5.12 Å².